The Morgan fingerprint density at radius 2 is 1.73 bits per heavy atom. The first-order valence-electron chi connectivity index (χ1n) is 4.45. The van der Waals surface area contributed by atoms with Gasteiger partial charge in [-0.15, -0.1) is 0 Å². The van der Waals surface area contributed by atoms with Crippen molar-refractivity contribution >= 4 is 0 Å². The van der Waals surface area contributed by atoms with Crippen LogP contribution < -0.4 is 0 Å². The molecular formula is C10H20O. The van der Waals surface area contributed by atoms with Crippen molar-refractivity contribution in [1.82, 2.24) is 0 Å². The molecule has 2 aliphatic rings. The Bertz CT molecular complexity index is 117. The van der Waals surface area contributed by atoms with Gasteiger partial charge in [0, 0.05) is 0 Å². The van der Waals surface area contributed by atoms with Crippen LogP contribution in [0, 0.1) is 5.92 Å². The van der Waals surface area contributed by atoms with Crippen molar-refractivity contribution in [3.63, 3.8) is 0 Å². The molecule has 0 aromatic heterocycles. The molecule has 1 saturated carbocycles. The maximum absolute atomic E-state index is 5.61. The summed E-state index contributed by atoms with van der Waals surface area (Å²) in [5.41, 5.74) is 0.381. The molecule has 1 aliphatic carbocycles. The van der Waals surface area contributed by atoms with E-state index >= 15 is 0 Å². The summed E-state index contributed by atoms with van der Waals surface area (Å²) in [6.45, 7) is 3.37. The summed E-state index contributed by atoms with van der Waals surface area (Å²) in [5, 5.41) is 0. The monoisotopic (exact) mass is 156 g/mol. The highest BCUT2D eigenvalue weighted by atomic mass is 16.5. The van der Waals surface area contributed by atoms with Crippen LogP contribution in [0.2, 0.25) is 0 Å². The van der Waals surface area contributed by atoms with Gasteiger partial charge in [0.25, 0.3) is 0 Å². The lowest BCUT2D eigenvalue weighted by Crippen LogP contribution is -2.46. The van der Waals surface area contributed by atoms with E-state index in [0.717, 1.165) is 12.5 Å². The number of hydrogen-bond acceptors (Lipinski definition) is 1. The quantitative estimate of drug-likeness (QED) is 0.524. The summed E-state index contributed by atoms with van der Waals surface area (Å²) in [6.07, 6.45) is 6.77. The van der Waals surface area contributed by atoms with Crippen molar-refractivity contribution in [2.45, 2.75) is 52.1 Å². The lowest BCUT2D eigenvalue weighted by atomic mass is 9.75. The Balaban J connectivity index is 0.000000605. The molecule has 1 heterocycles. The Kier molecular flexibility index (Phi) is 2.58. The molecule has 11 heavy (non-hydrogen) atoms. The molecule has 2 rings (SSSR count). The van der Waals surface area contributed by atoms with Gasteiger partial charge < -0.3 is 4.74 Å². The van der Waals surface area contributed by atoms with Crippen LogP contribution in [-0.2, 0) is 4.74 Å². The first-order chi connectivity index (χ1) is 4.81. The Morgan fingerprint density at radius 1 is 1.18 bits per heavy atom. The van der Waals surface area contributed by atoms with Crippen LogP contribution in [0.4, 0.5) is 0 Å². The molecule has 1 aliphatic heterocycles. The second-order valence-electron chi connectivity index (χ2n) is 3.96. The van der Waals surface area contributed by atoms with Gasteiger partial charge in [-0.1, -0.05) is 14.4 Å². The molecule has 0 radical (unpaired) electrons. The summed E-state index contributed by atoms with van der Waals surface area (Å²) in [5.74, 6) is 0.954. The molecule has 66 valence electrons. The zero-order valence-electron chi connectivity index (χ0n) is 6.73. The van der Waals surface area contributed by atoms with Crippen LogP contribution in [0.5, 0.6) is 0 Å². The maximum Gasteiger partial charge on any atom is 0.0704 e. The van der Waals surface area contributed by atoms with E-state index in [9.17, 15) is 0 Å². The van der Waals surface area contributed by atoms with E-state index < -0.39 is 0 Å². The van der Waals surface area contributed by atoms with Gasteiger partial charge in [-0.3, -0.25) is 0 Å². The Hall–Kier alpha value is -0.0400. The third-order valence-electron chi connectivity index (χ3n) is 3.15. The largest absolute Gasteiger partial charge is 0.375 e. The fraction of sp³-hybridized carbons (Fsp3) is 1.00. The summed E-state index contributed by atoms with van der Waals surface area (Å²) in [7, 11) is 0. The number of ether oxygens (including phenoxy) is 1. The molecule has 2 fully saturated rings. The first-order valence-corrected chi connectivity index (χ1v) is 4.45. The highest BCUT2D eigenvalue weighted by Crippen LogP contribution is 2.42. The standard InChI is InChI=1S/C9H16O.CH4/c1-8-2-4-9(5-3-8)6-7-10-9;/h8H,2-7H2,1H3;1H4. The molecule has 0 atom stereocenters. The molecule has 1 saturated heterocycles. The van der Waals surface area contributed by atoms with Gasteiger partial charge in [-0.25, -0.2) is 0 Å². The van der Waals surface area contributed by atoms with Crippen molar-refractivity contribution in [2.75, 3.05) is 6.61 Å². The van der Waals surface area contributed by atoms with Gasteiger partial charge in [-0.2, -0.15) is 0 Å². The van der Waals surface area contributed by atoms with Gasteiger partial charge in [0.1, 0.15) is 0 Å². The van der Waals surface area contributed by atoms with Gasteiger partial charge in [0.05, 0.1) is 12.2 Å². The normalized spacial score (nSPS) is 42.8. The summed E-state index contributed by atoms with van der Waals surface area (Å²) < 4.78 is 5.61. The summed E-state index contributed by atoms with van der Waals surface area (Å²) >= 11 is 0. The molecule has 1 heteroatoms. The molecule has 0 N–H and O–H groups in total. The van der Waals surface area contributed by atoms with Crippen LogP contribution >= 0.6 is 0 Å². The van der Waals surface area contributed by atoms with Crippen molar-refractivity contribution < 1.29 is 4.74 Å². The van der Waals surface area contributed by atoms with Crippen LogP contribution in [0.1, 0.15) is 46.5 Å². The van der Waals surface area contributed by atoms with E-state index in [1.54, 1.807) is 0 Å². The third-order valence-corrected chi connectivity index (χ3v) is 3.15. The molecule has 0 bridgehead atoms. The van der Waals surface area contributed by atoms with Gasteiger partial charge in [0.15, 0.2) is 0 Å². The van der Waals surface area contributed by atoms with Crippen LogP contribution in [0.15, 0.2) is 0 Å². The molecule has 0 amide bonds. The van der Waals surface area contributed by atoms with Crippen molar-refractivity contribution in [3.8, 4) is 0 Å². The van der Waals surface area contributed by atoms with Crippen molar-refractivity contribution in [3.05, 3.63) is 0 Å². The SMILES string of the molecule is C.CC1CCC2(CCO2)CC1. The van der Waals surface area contributed by atoms with Gasteiger partial charge >= 0.3 is 0 Å². The second kappa shape index (κ2) is 3.14. The number of rotatable bonds is 0. The van der Waals surface area contributed by atoms with E-state index in [2.05, 4.69) is 6.92 Å². The fourth-order valence-corrected chi connectivity index (χ4v) is 2.07. The molecule has 0 aromatic rings. The summed E-state index contributed by atoms with van der Waals surface area (Å²) in [6, 6.07) is 0. The molecular weight excluding hydrogens is 136 g/mol. The predicted molar refractivity (Wildman–Crippen MR) is 47.7 cm³/mol. The van der Waals surface area contributed by atoms with E-state index in [1.165, 1.54) is 32.1 Å². The Labute approximate surface area is 70.1 Å². The van der Waals surface area contributed by atoms with Crippen LogP contribution in [-0.4, -0.2) is 12.2 Å². The third kappa shape index (κ3) is 1.58. The lowest BCUT2D eigenvalue weighted by molar-refractivity contribution is -0.169. The second-order valence-corrected chi connectivity index (χ2v) is 3.96. The predicted octanol–water partition coefficient (Wildman–Crippen LogP) is 2.99. The van der Waals surface area contributed by atoms with E-state index in [0.29, 0.717) is 5.60 Å². The minimum atomic E-state index is 0. The smallest absolute Gasteiger partial charge is 0.0704 e. The van der Waals surface area contributed by atoms with Gasteiger partial charge in [-0.05, 0) is 38.0 Å². The average Bonchev–Trinajstić information content (AvgIpc) is 1.86. The van der Waals surface area contributed by atoms with Crippen molar-refractivity contribution in [2.24, 2.45) is 5.92 Å². The van der Waals surface area contributed by atoms with Crippen molar-refractivity contribution in [1.29, 1.82) is 0 Å². The zero-order chi connectivity index (χ0) is 7.03. The lowest BCUT2D eigenvalue weighted by Gasteiger charge is -2.46. The number of hydrogen-bond donors (Lipinski definition) is 0. The Morgan fingerprint density at radius 3 is 2.09 bits per heavy atom. The maximum atomic E-state index is 5.61. The van der Waals surface area contributed by atoms with Crippen LogP contribution in [0.25, 0.3) is 0 Å². The molecule has 0 aromatic carbocycles. The fourth-order valence-electron chi connectivity index (χ4n) is 2.07. The van der Waals surface area contributed by atoms with Crippen LogP contribution in [0.3, 0.4) is 0 Å². The molecule has 1 nitrogen and oxygen atoms in total. The van der Waals surface area contributed by atoms with E-state index in [-0.39, 0.29) is 7.43 Å². The highest BCUT2D eigenvalue weighted by Gasteiger charge is 2.40. The first kappa shape index (κ1) is 9.05. The average molecular weight is 156 g/mol. The topological polar surface area (TPSA) is 9.23 Å². The van der Waals surface area contributed by atoms with Gasteiger partial charge in [0.2, 0.25) is 0 Å². The van der Waals surface area contributed by atoms with E-state index in [4.69, 9.17) is 4.74 Å². The molecule has 0 unspecified atom stereocenters. The molecule has 1 spiro atoms. The minimum Gasteiger partial charge on any atom is -0.375 e. The minimum absolute atomic E-state index is 0. The summed E-state index contributed by atoms with van der Waals surface area (Å²) in [4.78, 5) is 0. The highest BCUT2D eigenvalue weighted by molar-refractivity contribution is 4.91. The van der Waals surface area contributed by atoms with E-state index in [1.807, 2.05) is 0 Å². The zero-order valence-corrected chi connectivity index (χ0v) is 6.73.